The van der Waals surface area contributed by atoms with Crippen LogP contribution >= 0.6 is 15.9 Å². The molecule has 1 aromatic carbocycles. The smallest absolute Gasteiger partial charge is 0.0995 e. The Kier molecular flexibility index (Phi) is 3.94. The lowest BCUT2D eigenvalue weighted by Gasteiger charge is -2.03. The molecule has 0 heterocycles. The first-order valence-electron chi connectivity index (χ1n) is 4.04. The molecule has 0 atom stereocenters. The monoisotopic (exact) mass is 239 g/mol. The molecule has 0 bridgehead atoms. The summed E-state index contributed by atoms with van der Waals surface area (Å²) in [5.74, 6) is 0. The number of rotatable bonds is 3. The van der Waals surface area contributed by atoms with Gasteiger partial charge in [0, 0.05) is 11.1 Å². The summed E-state index contributed by atoms with van der Waals surface area (Å²) in [7, 11) is 0. The molecule has 0 aromatic heterocycles. The highest BCUT2D eigenvalue weighted by molar-refractivity contribution is 9.10. The third-order valence-corrected chi connectivity index (χ3v) is 2.15. The van der Waals surface area contributed by atoms with Crippen LogP contribution in [0.5, 0.6) is 0 Å². The standard InChI is InChI=1S/C10H10BrNO/c1-2-13-7-8-3-4-10(11)5-9(8)6-12/h3-5H,2,7H2,1H3. The van der Waals surface area contributed by atoms with E-state index in [9.17, 15) is 0 Å². The summed E-state index contributed by atoms with van der Waals surface area (Å²) in [5, 5.41) is 8.82. The van der Waals surface area contributed by atoms with Gasteiger partial charge in [0.2, 0.25) is 0 Å². The molecule has 0 amide bonds. The Balaban J connectivity index is 2.88. The highest BCUT2D eigenvalue weighted by Gasteiger charge is 2.01. The van der Waals surface area contributed by atoms with Gasteiger partial charge in [0.15, 0.2) is 0 Å². The van der Waals surface area contributed by atoms with E-state index in [2.05, 4.69) is 22.0 Å². The zero-order chi connectivity index (χ0) is 9.68. The third kappa shape index (κ3) is 2.83. The number of benzene rings is 1. The van der Waals surface area contributed by atoms with E-state index in [1.54, 1.807) is 6.07 Å². The first-order chi connectivity index (χ1) is 6.27. The van der Waals surface area contributed by atoms with Crippen molar-refractivity contribution in [2.24, 2.45) is 0 Å². The molecule has 0 aliphatic carbocycles. The van der Waals surface area contributed by atoms with Gasteiger partial charge in [-0.15, -0.1) is 0 Å². The largest absolute Gasteiger partial charge is 0.377 e. The van der Waals surface area contributed by atoms with Crippen LogP contribution in [-0.2, 0) is 11.3 Å². The number of nitrogens with zero attached hydrogens (tertiary/aromatic N) is 1. The quantitative estimate of drug-likeness (QED) is 0.813. The zero-order valence-electron chi connectivity index (χ0n) is 7.38. The molecule has 0 N–H and O–H groups in total. The van der Waals surface area contributed by atoms with Crippen LogP contribution in [0.1, 0.15) is 18.1 Å². The Morgan fingerprint density at radius 1 is 1.54 bits per heavy atom. The van der Waals surface area contributed by atoms with E-state index in [0.717, 1.165) is 10.0 Å². The summed E-state index contributed by atoms with van der Waals surface area (Å²) in [6, 6.07) is 7.75. The van der Waals surface area contributed by atoms with Crippen molar-refractivity contribution < 1.29 is 4.74 Å². The van der Waals surface area contributed by atoms with E-state index in [1.165, 1.54) is 0 Å². The number of hydrogen-bond donors (Lipinski definition) is 0. The van der Waals surface area contributed by atoms with Gasteiger partial charge in [-0.3, -0.25) is 0 Å². The molecule has 13 heavy (non-hydrogen) atoms. The lowest BCUT2D eigenvalue weighted by molar-refractivity contribution is 0.134. The zero-order valence-corrected chi connectivity index (χ0v) is 8.97. The Bertz CT molecular complexity index is 330. The van der Waals surface area contributed by atoms with E-state index in [0.29, 0.717) is 18.8 Å². The van der Waals surface area contributed by atoms with Crippen LogP contribution < -0.4 is 0 Å². The molecule has 0 radical (unpaired) electrons. The average molecular weight is 240 g/mol. The van der Waals surface area contributed by atoms with Gasteiger partial charge in [0.05, 0.1) is 18.2 Å². The first-order valence-corrected chi connectivity index (χ1v) is 4.83. The molecular formula is C10H10BrNO. The summed E-state index contributed by atoms with van der Waals surface area (Å²) in [6.07, 6.45) is 0. The molecular weight excluding hydrogens is 230 g/mol. The summed E-state index contributed by atoms with van der Waals surface area (Å²) >= 11 is 3.31. The van der Waals surface area contributed by atoms with E-state index in [4.69, 9.17) is 10.00 Å². The fourth-order valence-corrected chi connectivity index (χ4v) is 1.35. The van der Waals surface area contributed by atoms with Gasteiger partial charge in [-0.25, -0.2) is 0 Å². The molecule has 2 nitrogen and oxygen atoms in total. The second kappa shape index (κ2) is 5.00. The molecule has 68 valence electrons. The van der Waals surface area contributed by atoms with Crippen molar-refractivity contribution in [1.29, 1.82) is 5.26 Å². The van der Waals surface area contributed by atoms with Crippen molar-refractivity contribution in [1.82, 2.24) is 0 Å². The lowest BCUT2D eigenvalue weighted by Crippen LogP contribution is -1.94. The molecule has 0 spiro atoms. The van der Waals surface area contributed by atoms with Crippen molar-refractivity contribution in [2.45, 2.75) is 13.5 Å². The maximum Gasteiger partial charge on any atom is 0.0995 e. The normalized spacial score (nSPS) is 9.62. The Labute approximate surface area is 86.3 Å². The second-order valence-electron chi connectivity index (χ2n) is 2.55. The van der Waals surface area contributed by atoms with Crippen LogP contribution in [0.25, 0.3) is 0 Å². The molecule has 3 heteroatoms. The Morgan fingerprint density at radius 3 is 2.92 bits per heavy atom. The van der Waals surface area contributed by atoms with Crippen LogP contribution in [0.2, 0.25) is 0 Å². The topological polar surface area (TPSA) is 33.0 Å². The van der Waals surface area contributed by atoms with Gasteiger partial charge in [0.25, 0.3) is 0 Å². The molecule has 0 saturated heterocycles. The highest BCUT2D eigenvalue weighted by Crippen LogP contribution is 2.16. The maximum absolute atomic E-state index is 8.82. The van der Waals surface area contributed by atoms with Crippen molar-refractivity contribution in [3.63, 3.8) is 0 Å². The molecule has 0 fully saturated rings. The van der Waals surface area contributed by atoms with Crippen molar-refractivity contribution in [3.05, 3.63) is 33.8 Å². The first kappa shape index (κ1) is 10.2. The fourth-order valence-electron chi connectivity index (χ4n) is 0.991. The molecule has 1 aromatic rings. The van der Waals surface area contributed by atoms with Gasteiger partial charge in [-0.1, -0.05) is 22.0 Å². The number of halogens is 1. The van der Waals surface area contributed by atoms with Crippen LogP contribution in [0, 0.1) is 11.3 Å². The second-order valence-corrected chi connectivity index (χ2v) is 3.47. The highest BCUT2D eigenvalue weighted by atomic mass is 79.9. The molecule has 0 aliphatic rings. The summed E-state index contributed by atoms with van der Waals surface area (Å²) < 4.78 is 6.16. The average Bonchev–Trinajstić information content (AvgIpc) is 2.16. The molecule has 0 saturated carbocycles. The minimum atomic E-state index is 0.507. The number of hydrogen-bond acceptors (Lipinski definition) is 2. The van der Waals surface area contributed by atoms with E-state index >= 15 is 0 Å². The van der Waals surface area contributed by atoms with Gasteiger partial charge in [-0.2, -0.15) is 5.26 Å². The van der Waals surface area contributed by atoms with Crippen LogP contribution in [0.4, 0.5) is 0 Å². The van der Waals surface area contributed by atoms with E-state index < -0.39 is 0 Å². The predicted octanol–water partition coefficient (Wildman–Crippen LogP) is 2.86. The predicted molar refractivity (Wildman–Crippen MR) is 54.2 cm³/mol. The number of ether oxygens (including phenoxy) is 1. The van der Waals surface area contributed by atoms with Crippen molar-refractivity contribution in [2.75, 3.05) is 6.61 Å². The Morgan fingerprint density at radius 2 is 2.31 bits per heavy atom. The molecule has 1 rings (SSSR count). The maximum atomic E-state index is 8.82. The number of nitriles is 1. The lowest BCUT2D eigenvalue weighted by atomic mass is 10.1. The molecule has 0 aliphatic heterocycles. The van der Waals surface area contributed by atoms with Gasteiger partial charge in [-0.05, 0) is 24.6 Å². The van der Waals surface area contributed by atoms with Crippen molar-refractivity contribution >= 4 is 15.9 Å². The third-order valence-electron chi connectivity index (χ3n) is 1.65. The van der Waals surface area contributed by atoms with Gasteiger partial charge < -0.3 is 4.74 Å². The van der Waals surface area contributed by atoms with Crippen molar-refractivity contribution in [3.8, 4) is 6.07 Å². The summed E-state index contributed by atoms with van der Waals surface area (Å²) in [5.41, 5.74) is 1.61. The van der Waals surface area contributed by atoms with E-state index in [1.807, 2.05) is 19.1 Å². The minimum Gasteiger partial charge on any atom is -0.377 e. The van der Waals surface area contributed by atoms with Gasteiger partial charge in [0.1, 0.15) is 0 Å². The van der Waals surface area contributed by atoms with Crippen LogP contribution in [-0.4, -0.2) is 6.61 Å². The van der Waals surface area contributed by atoms with Gasteiger partial charge >= 0.3 is 0 Å². The van der Waals surface area contributed by atoms with E-state index in [-0.39, 0.29) is 0 Å². The SMILES string of the molecule is CCOCc1ccc(Br)cc1C#N. The summed E-state index contributed by atoms with van der Waals surface area (Å²) in [6.45, 7) is 3.11. The minimum absolute atomic E-state index is 0.507. The fraction of sp³-hybridized carbons (Fsp3) is 0.300. The Hall–Kier alpha value is -0.850. The molecule has 0 unspecified atom stereocenters. The van der Waals surface area contributed by atoms with Crippen LogP contribution in [0.15, 0.2) is 22.7 Å². The van der Waals surface area contributed by atoms with Crippen LogP contribution in [0.3, 0.4) is 0 Å². The summed E-state index contributed by atoms with van der Waals surface area (Å²) in [4.78, 5) is 0.